The van der Waals surface area contributed by atoms with Crippen LogP contribution in [0.2, 0.25) is 0 Å². The molecule has 2 rings (SSSR count). The van der Waals surface area contributed by atoms with Crippen LogP contribution in [0, 0.1) is 13.8 Å². The monoisotopic (exact) mass is 245 g/mol. The Labute approximate surface area is 105 Å². The van der Waals surface area contributed by atoms with Crippen molar-refractivity contribution in [1.82, 2.24) is 9.97 Å². The van der Waals surface area contributed by atoms with Crippen molar-refractivity contribution in [1.29, 1.82) is 0 Å². The number of benzene rings is 1. The fraction of sp³-hybridized carbons (Fsp3) is 0.231. The average molecular weight is 245 g/mol. The summed E-state index contributed by atoms with van der Waals surface area (Å²) < 4.78 is 0. The number of aryl methyl sites for hydroxylation is 2. The lowest BCUT2D eigenvalue weighted by atomic mass is 10.2. The van der Waals surface area contributed by atoms with Gasteiger partial charge in [0, 0.05) is 16.7 Å². The van der Waals surface area contributed by atoms with Crippen LogP contribution in [0.4, 0.5) is 5.82 Å². The lowest BCUT2D eigenvalue weighted by Crippen LogP contribution is -1.99. The number of rotatable bonds is 3. The minimum absolute atomic E-state index is 0.539. The molecule has 1 heterocycles. The van der Waals surface area contributed by atoms with E-state index in [1.807, 2.05) is 6.92 Å². The van der Waals surface area contributed by atoms with Gasteiger partial charge in [0.15, 0.2) is 0 Å². The molecular formula is C13H15N3S. The molecule has 3 nitrogen and oxygen atoms in total. The average Bonchev–Trinajstić information content (AvgIpc) is 2.27. The van der Waals surface area contributed by atoms with E-state index in [1.54, 1.807) is 17.8 Å². The van der Waals surface area contributed by atoms with Gasteiger partial charge in [-0.25, -0.2) is 9.97 Å². The Morgan fingerprint density at radius 3 is 2.47 bits per heavy atom. The topological polar surface area (TPSA) is 51.8 Å². The molecule has 0 saturated heterocycles. The summed E-state index contributed by atoms with van der Waals surface area (Å²) in [7, 11) is 0. The molecule has 1 aromatic heterocycles. The lowest BCUT2D eigenvalue weighted by Gasteiger charge is -2.03. The van der Waals surface area contributed by atoms with Gasteiger partial charge in [0.25, 0.3) is 0 Å². The molecule has 0 aliphatic carbocycles. The standard InChI is InChI=1S/C13H15N3S/c1-9-3-5-11(6-4-9)17-8-13-15-10(2)7-12(14)16-13/h3-7H,8H2,1-2H3,(H2,14,15,16). The molecule has 4 heteroatoms. The molecule has 0 amide bonds. The summed E-state index contributed by atoms with van der Waals surface area (Å²) in [5.74, 6) is 2.07. The molecule has 0 fully saturated rings. The maximum Gasteiger partial charge on any atom is 0.141 e. The maximum absolute atomic E-state index is 5.69. The SMILES string of the molecule is Cc1ccc(SCc2nc(C)cc(N)n2)cc1. The number of nitrogen functional groups attached to an aromatic ring is 1. The Morgan fingerprint density at radius 1 is 1.12 bits per heavy atom. The van der Waals surface area contributed by atoms with Crippen molar-refractivity contribution < 1.29 is 0 Å². The highest BCUT2D eigenvalue weighted by Gasteiger charge is 2.01. The smallest absolute Gasteiger partial charge is 0.141 e. The minimum Gasteiger partial charge on any atom is -0.384 e. The van der Waals surface area contributed by atoms with Gasteiger partial charge in [-0.2, -0.15) is 0 Å². The fourth-order valence-corrected chi connectivity index (χ4v) is 2.26. The fourth-order valence-electron chi connectivity index (χ4n) is 1.50. The van der Waals surface area contributed by atoms with E-state index in [0.717, 1.165) is 17.3 Å². The zero-order valence-electron chi connectivity index (χ0n) is 9.97. The second-order valence-corrected chi connectivity index (χ2v) is 5.00. The van der Waals surface area contributed by atoms with Crippen LogP contribution in [0.25, 0.3) is 0 Å². The van der Waals surface area contributed by atoms with Crippen LogP contribution in [0.5, 0.6) is 0 Å². The van der Waals surface area contributed by atoms with E-state index in [-0.39, 0.29) is 0 Å². The Morgan fingerprint density at radius 2 is 1.82 bits per heavy atom. The number of thioether (sulfide) groups is 1. The predicted molar refractivity (Wildman–Crippen MR) is 71.9 cm³/mol. The number of nitrogens with zero attached hydrogens (tertiary/aromatic N) is 2. The number of aromatic nitrogens is 2. The Kier molecular flexibility index (Phi) is 3.64. The van der Waals surface area contributed by atoms with E-state index in [4.69, 9.17) is 5.73 Å². The van der Waals surface area contributed by atoms with Crippen molar-refractivity contribution in [2.45, 2.75) is 24.5 Å². The first kappa shape index (κ1) is 11.9. The van der Waals surface area contributed by atoms with Crippen LogP contribution >= 0.6 is 11.8 Å². The molecule has 0 bridgehead atoms. The normalized spacial score (nSPS) is 10.5. The van der Waals surface area contributed by atoms with Gasteiger partial charge in [0.2, 0.25) is 0 Å². The lowest BCUT2D eigenvalue weighted by molar-refractivity contribution is 1.00. The first-order valence-electron chi connectivity index (χ1n) is 5.43. The van der Waals surface area contributed by atoms with Crippen molar-refractivity contribution in [3.05, 3.63) is 47.4 Å². The predicted octanol–water partition coefficient (Wildman–Crippen LogP) is 2.97. The summed E-state index contributed by atoms with van der Waals surface area (Å²) in [4.78, 5) is 9.79. The summed E-state index contributed by atoms with van der Waals surface area (Å²) in [6, 6.07) is 10.2. The highest BCUT2D eigenvalue weighted by molar-refractivity contribution is 7.98. The first-order chi connectivity index (χ1) is 8.13. The van der Waals surface area contributed by atoms with Crippen molar-refractivity contribution in [2.24, 2.45) is 0 Å². The summed E-state index contributed by atoms with van der Waals surface area (Å²) in [6.45, 7) is 4.01. The zero-order valence-corrected chi connectivity index (χ0v) is 10.8. The Bertz CT molecular complexity index is 488. The highest BCUT2D eigenvalue weighted by Crippen LogP contribution is 2.21. The van der Waals surface area contributed by atoms with Crippen LogP contribution in [-0.4, -0.2) is 9.97 Å². The van der Waals surface area contributed by atoms with E-state index in [9.17, 15) is 0 Å². The number of anilines is 1. The third-order valence-electron chi connectivity index (χ3n) is 2.31. The summed E-state index contributed by atoms with van der Waals surface area (Å²) in [5.41, 5.74) is 7.87. The van der Waals surface area contributed by atoms with Gasteiger partial charge in [-0.15, -0.1) is 11.8 Å². The van der Waals surface area contributed by atoms with Crippen molar-refractivity contribution in [2.75, 3.05) is 5.73 Å². The molecule has 2 aromatic rings. The molecule has 17 heavy (non-hydrogen) atoms. The molecule has 0 spiro atoms. The summed E-state index contributed by atoms with van der Waals surface area (Å²) >= 11 is 1.72. The van der Waals surface area contributed by atoms with E-state index >= 15 is 0 Å². The highest BCUT2D eigenvalue weighted by atomic mass is 32.2. The van der Waals surface area contributed by atoms with Gasteiger partial charge in [-0.3, -0.25) is 0 Å². The van der Waals surface area contributed by atoms with E-state index < -0.39 is 0 Å². The Balaban J connectivity index is 2.04. The van der Waals surface area contributed by atoms with E-state index in [2.05, 4.69) is 41.2 Å². The molecule has 0 unspecified atom stereocenters. The number of hydrogen-bond acceptors (Lipinski definition) is 4. The van der Waals surface area contributed by atoms with Gasteiger partial charge < -0.3 is 5.73 Å². The molecule has 1 aromatic carbocycles. The van der Waals surface area contributed by atoms with Gasteiger partial charge in [0.1, 0.15) is 11.6 Å². The van der Waals surface area contributed by atoms with E-state index in [0.29, 0.717) is 5.82 Å². The molecule has 88 valence electrons. The summed E-state index contributed by atoms with van der Waals surface area (Å²) in [5, 5.41) is 0. The van der Waals surface area contributed by atoms with Gasteiger partial charge in [-0.05, 0) is 26.0 Å². The second kappa shape index (κ2) is 5.19. The first-order valence-corrected chi connectivity index (χ1v) is 6.41. The van der Waals surface area contributed by atoms with Crippen molar-refractivity contribution >= 4 is 17.6 Å². The molecule has 2 N–H and O–H groups in total. The molecular weight excluding hydrogens is 230 g/mol. The maximum atomic E-state index is 5.69. The van der Waals surface area contributed by atoms with Crippen LogP contribution in [0.3, 0.4) is 0 Å². The van der Waals surface area contributed by atoms with Gasteiger partial charge in [0.05, 0.1) is 5.75 Å². The second-order valence-electron chi connectivity index (χ2n) is 3.95. The van der Waals surface area contributed by atoms with E-state index in [1.165, 1.54) is 10.5 Å². The number of nitrogens with two attached hydrogens (primary N) is 1. The summed E-state index contributed by atoms with van der Waals surface area (Å²) in [6.07, 6.45) is 0. The Hall–Kier alpha value is -1.55. The molecule has 0 aliphatic heterocycles. The van der Waals surface area contributed by atoms with Crippen LogP contribution in [0.15, 0.2) is 35.2 Å². The van der Waals surface area contributed by atoms with Crippen LogP contribution < -0.4 is 5.73 Å². The third-order valence-corrected chi connectivity index (χ3v) is 3.32. The van der Waals surface area contributed by atoms with Crippen molar-refractivity contribution in [3.63, 3.8) is 0 Å². The molecule has 0 radical (unpaired) electrons. The van der Waals surface area contributed by atoms with Crippen LogP contribution in [0.1, 0.15) is 17.1 Å². The van der Waals surface area contributed by atoms with Crippen LogP contribution in [-0.2, 0) is 5.75 Å². The van der Waals surface area contributed by atoms with Crippen molar-refractivity contribution in [3.8, 4) is 0 Å². The number of hydrogen-bond donors (Lipinski definition) is 1. The quantitative estimate of drug-likeness (QED) is 0.845. The largest absolute Gasteiger partial charge is 0.384 e. The minimum atomic E-state index is 0.539. The van der Waals surface area contributed by atoms with Gasteiger partial charge >= 0.3 is 0 Å². The molecule has 0 saturated carbocycles. The van der Waals surface area contributed by atoms with Gasteiger partial charge in [-0.1, -0.05) is 17.7 Å². The third kappa shape index (κ3) is 3.46. The molecule has 0 atom stereocenters. The molecule has 0 aliphatic rings. The zero-order chi connectivity index (χ0) is 12.3.